The molecule has 0 saturated carbocycles. The Morgan fingerprint density at radius 1 is 0.947 bits per heavy atom. The summed E-state index contributed by atoms with van der Waals surface area (Å²) in [5, 5.41) is 1.53. The zero-order valence-electron chi connectivity index (χ0n) is 12.1. The Kier molecular flexibility index (Phi) is 4.34. The number of halogens is 2. The van der Waals surface area contributed by atoms with Crippen molar-refractivity contribution >= 4 is 28.9 Å². The van der Waals surface area contributed by atoms with Crippen LogP contribution in [-0.4, -0.2) is 38.1 Å². The summed E-state index contributed by atoms with van der Waals surface area (Å²) in [6.07, 6.45) is 0. The molecule has 106 valence electrons. The molecule has 0 N–H and O–H groups in total. The number of hydrogen-bond donors (Lipinski definition) is 0. The number of nitrogens with zero attached hydrogens (tertiary/aromatic N) is 2. The fourth-order valence-corrected chi connectivity index (χ4v) is 3.06. The average Bonchev–Trinajstić information content (AvgIpc) is 2.29. The summed E-state index contributed by atoms with van der Waals surface area (Å²) in [5.74, 6) is 0. The monoisotopic (exact) mass is 300 g/mol. The summed E-state index contributed by atoms with van der Waals surface area (Å²) < 4.78 is 0. The molecule has 0 aromatic heterocycles. The van der Waals surface area contributed by atoms with E-state index in [1.54, 1.807) is 0 Å². The quantitative estimate of drug-likeness (QED) is 0.772. The Bertz CT molecular complexity index is 435. The molecule has 0 bridgehead atoms. The highest BCUT2D eigenvalue weighted by molar-refractivity contribution is 6.39. The number of likely N-dealkylation sites (N-methyl/N-ethyl adjacent to an activating group) is 1. The lowest BCUT2D eigenvalue weighted by Crippen LogP contribution is -2.44. The minimum atomic E-state index is 0.0634. The van der Waals surface area contributed by atoms with Crippen molar-refractivity contribution < 1.29 is 0 Å². The van der Waals surface area contributed by atoms with E-state index in [9.17, 15) is 0 Å². The van der Waals surface area contributed by atoms with Gasteiger partial charge in [0.1, 0.15) is 0 Å². The topological polar surface area (TPSA) is 6.48 Å². The van der Waals surface area contributed by atoms with Gasteiger partial charge in [-0.1, -0.05) is 44.0 Å². The van der Waals surface area contributed by atoms with Crippen molar-refractivity contribution in [1.29, 1.82) is 0 Å². The van der Waals surface area contributed by atoms with Crippen LogP contribution in [0.1, 0.15) is 26.3 Å². The molecular weight excluding hydrogens is 279 g/mol. The van der Waals surface area contributed by atoms with Crippen LogP contribution in [0.25, 0.3) is 0 Å². The Balaban J connectivity index is 2.32. The smallest absolute Gasteiger partial charge is 0.0746 e. The van der Waals surface area contributed by atoms with E-state index in [0.717, 1.165) is 41.9 Å². The highest BCUT2D eigenvalue weighted by Crippen LogP contribution is 2.38. The molecule has 1 aromatic rings. The van der Waals surface area contributed by atoms with Gasteiger partial charge in [-0.3, -0.25) is 0 Å². The molecule has 2 nitrogen and oxygen atoms in total. The Morgan fingerprint density at radius 3 is 1.84 bits per heavy atom. The van der Waals surface area contributed by atoms with E-state index in [1.807, 2.05) is 0 Å². The highest BCUT2D eigenvalue weighted by atomic mass is 35.5. The lowest BCUT2D eigenvalue weighted by atomic mass is 9.87. The Hall–Kier alpha value is -0.440. The third kappa shape index (κ3) is 3.36. The zero-order valence-corrected chi connectivity index (χ0v) is 13.6. The number of rotatable bonds is 1. The van der Waals surface area contributed by atoms with Crippen LogP contribution in [0, 0.1) is 0 Å². The van der Waals surface area contributed by atoms with E-state index in [1.165, 1.54) is 5.56 Å². The van der Waals surface area contributed by atoms with Gasteiger partial charge in [-0.25, -0.2) is 0 Å². The molecule has 1 aliphatic rings. The number of piperazine rings is 1. The van der Waals surface area contributed by atoms with Crippen molar-refractivity contribution in [2.75, 3.05) is 38.1 Å². The average molecular weight is 301 g/mol. The second-order valence-corrected chi connectivity index (χ2v) is 7.14. The van der Waals surface area contributed by atoms with Crippen molar-refractivity contribution in [3.8, 4) is 0 Å². The minimum Gasteiger partial charge on any atom is -0.367 e. The molecule has 0 unspecified atom stereocenters. The lowest BCUT2D eigenvalue weighted by molar-refractivity contribution is 0.313. The zero-order chi connectivity index (χ0) is 14.2. The molecular formula is C15H22Cl2N2. The van der Waals surface area contributed by atoms with Crippen LogP contribution in [0.2, 0.25) is 10.0 Å². The van der Waals surface area contributed by atoms with E-state index >= 15 is 0 Å². The summed E-state index contributed by atoms with van der Waals surface area (Å²) in [6, 6.07) is 4.11. The van der Waals surface area contributed by atoms with Crippen molar-refractivity contribution in [3.05, 3.63) is 27.7 Å². The molecule has 2 rings (SSSR count). The van der Waals surface area contributed by atoms with E-state index < -0.39 is 0 Å². The number of hydrogen-bond acceptors (Lipinski definition) is 2. The molecule has 1 fully saturated rings. The van der Waals surface area contributed by atoms with E-state index in [-0.39, 0.29) is 5.41 Å². The van der Waals surface area contributed by atoms with Gasteiger partial charge in [-0.15, -0.1) is 0 Å². The van der Waals surface area contributed by atoms with Gasteiger partial charge in [-0.2, -0.15) is 0 Å². The van der Waals surface area contributed by atoms with Gasteiger partial charge in [0.05, 0.1) is 15.7 Å². The van der Waals surface area contributed by atoms with Crippen LogP contribution < -0.4 is 4.90 Å². The van der Waals surface area contributed by atoms with Crippen LogP contribution in [-0.2, 0) is 5.41 Å². The van der Waals surface area contributed by atoms with E-state index in [2.05, 4.69) is 49.8 Å². The highest BCUT2D eigenvalue weighted by Gasteiger charge is 2.22. The van der Waals surface area contributed by atoms with Gasteiger partial charge in [0.2, 0.25) is 0 Å². The molecule has 4 heteroatoms. The maximum absolute atomic E-state index is 6.47. The summed E-state index contributed by atoms with van der Waals surface area (Å²) in [7, 11) is 2.14. The number of anilines is 1. The first kappa shape index (κ1) is 15.0. The second-order valence-electron chi connectivity index (χ2n) is 6.33. The maximum atomic E-state index is 6.47. The molecule has 1 heterocycles. The van der Waals surface area contributed by atoms with Gasteiger partial charge in [0, 0.05) is 26.2 Å². The summed E-state index contributed by atoms with van der Waals surface area (Å²) in [5.41, 5.74) is 2.23. The maximum Gasteiger partial charge on any atom is 0.0746 e. The molecule has 19 heavy (non-hydrogen) atoms. The largest absolute Gasteiger partial charge is 0.367 e. The van der Waals surface area contributed by atoms with E-state index in [4.69, 9.17) is 23.2 Å². The third-order valence-electron chi connectivity index (χ3n) is 3.70. The number of benzene rings is 1. The van der Waals surface area contributed by atoms with Crippen LogP contribution in [0.3, 0.4) is 0 Å². The third-order valence-corrected chi connectivity index (χ3v) is 4.28. The minimum absolute atomic E-state index is 0.0634. The first-order valence-electron chi connectivity index (χ1n) is 6.72. The molecule has 0 radical (unpaired) electrons. The Morgan fingerprint density at radius 2 is 1.42 bits per heavy atom. The van der Waals surface area contributed by atoms with Gasteiger partial charge in [-0.05, 0) is 30.2 Å². The first-order chi connectivity index (χ1) is 8.79. The van der Waals surface area contributed by atoms with Crippen LogP contribution in [0.5, 0.6) is 0 Å². The summed E-state index contributed by atoms with van der Waals surface area (Å²) in [6.45, 7) is 10.6. The molecule has 1 saturated heterocycles. The molecule has 1 aromatic carbocycles. The predicted octanol–water partition coefficient (Wildman–Crippen LogP) is 4.04. The van der Waals surface area contributed by atoms with Crippen molar-refractivity contribution in [2.24, 2.45) is 0 Å². The molecule has 0 spiro atoms. The van der Waals surface area contributed by atoms with Gasteiger partial charge >= 0.3 is 0 Å². The second kappa shape index (κ2) is 5.51. The standard InChI is InChI=1S/C15H22Cl2N2/c1-15(2,3)11-9-12(16)14(13(17)10-11)19-7-5-18(4)6-8-19/h9-10H,5-8H2,1-4H3. The van der Waals surface area contributed by atoms with E-state index in [0.29, 0.717) is 0 Å². The lowest BCUT2D eigenvalue weighted by Gasteiger charge is -2.35. The summed E-state index contributed by atoms with van der Waals surface area (Å²) in [4.78, 5) is 4.61. The van der Waals surface area contributed by atoms with Gasteiger partial charge < -0.3 is 9.80 Å². The van der Waals surface area contributed by atoms with Gasteiger partial charge in [0.25, 0.3) is 0 Å². The van der Waals surface area contributed by atoms with Crippen molar-refractivity contribution in [2.45, 2.75) is 26.2 Å². The predicted molar refractivity (Wildman–Crippen MR) is 84.9 cm³/mol. The van der Waals surface area contributed by atoms with Crippen LogP contribution in [0.4, 0.5) is 5.69 Å². The normalized spacial score (nSPS) is 17.9. The fourth-order valence-electron chi connectivity index (χ4n) is 2.33. The van der Waals surface area contributed by atoms with Gasteiger partial charge in [0.15, 0.2) is 0 Å². The van der Waals surface area contributed by atoms with Crippen LogP contribution in [0.15, 0.2) is 12.1 Å². The Labute approximate surface area is 126 Å². The molecule has 0 aliphatic carbocycles. The fraction of sp³-hybridized carbons (Fsp3) is 0.600. The van der Waals surface area contributed by atoms with Crippen LogP contribution >= 0.6 is 23.2 Å². The molecule has 0 atom stereocenters. The SMILES string of the molecule is CN1CCN(c2c(Cl)cc(C(C)(C)C)cc2Cl)CC1. The van der Waals surface area contributed by atoms with Crippen molar-refractivity contribution in [3.63, 3.8) is 0 Å². The summed E-state index contributed by atoms with van der Waals surface area (Å²) >= 11 is 12.9. The molecule has 1 aliphatic heterocycles. The first-order valence-corrected chi connectivity index (χ1v) is 7.47. The van der Waals surface area contributed by atoms with Crippen molar-refractivity contribution in [1.82, 2.24) is 4.90 Å². The molecule has 0 amide bonds.